The van der Waals surface area contributed by atoms with E-state index in [4.69, 9.17) is 5.11 Å². The first-order chi connectivity index (χ1) is 18.9. The highest BCUT2D eigenvalue weighted by Crippen LogP contribution is 2.25. The van der Waals surface area contributed by atoms with Gasteiger partial charge in [-0.3, -0.25) is 24.0 Å². The summed E-state index contributed by atoms with van der Waals surface area (Å²) in [5.41, 5.74) is 1.96. The number of hydrogen-bond donors (Lipinski definition) is 3. The van der Waals surface area contributed by atoms with Crippen molar-refractivity contribution >= 4 is 40.0 Å². The second kappa shape index (κ2) is 11.4. The van der Waals surface area contributed by atoms with Crippen LogP contribution in [0.25, 0.3) is 16.7 Å². The summed E-state index contributed by atoms with van der Waals surface area (Å²) in [4.78, 5) is 41.4. The van der Waals surface area contributed by atoms with Crippen molar-refractivity contribution in [3.8, 4) is 5.69 Å². The molecule has 1 amide bonds. The van der Waals surface area contributed by atoms with Gasteiger partial charge in [-0.1, -0.05) is 6.58 Å². The van der Waals surface area contributed by atoms with Crippen LogP contribution in [0.2, 0.25) is 0 Å². The molecule has 0 atom stereocenters. The van der Waals surface area contributed by atoms with E-state index in [1.54, 1.807) is 29.1 Å². The third-order valence-corrected chi connectivity index (χ3v) is 6.44. The second-order valence-electron chi connectivity index (χ2n) is 8.95. The van der Waals surface area contributed by atoms with Crippen LogP contribution in [0, 0.1) is 5.82 Å². The average molecular weight is 531 g/mol. The van der Waals surface area contributed by atoms with Gasteiger partial charge >= 0.3 is 0 Å². The number of carbonyl (C=O) groups excluding carboxylic acids is 1. The topological polar surface area (TPSA) is 129 Å². The van der Waals surface area contributed by atoms with Crippen molar-refractivity contribution in [1.82, 2.24) is 24.4 Å². The number of hydrogen-bond acceptors (Lipinski definition) is 9. The lowest BCUT2D eigenvalue weighted by atomic mass is 10.2. The van der Waals surface area contributed by atoms with Crippen LogP contribution in [0.1, 0.15) is 0 Å². The van der Waals surface area contributed by atoms with E-state index >= 15 is 4.39 Å². The Bertz CT molecular complexity index is 1580. The lowest BCUT2D eigenvalue weighted by Gasteiger charge is -2.35. The van der Waals surface area contributed by atoms with Gasteiger partial charge in [0.15, 0.2) is 11.1 Å². The third-order valence-electron chi connectivity index (χ3n) is 6.44. The molecular weight excluding hydrogens is 503 g/mol. The maximum absolute atomic E-state index is 15.1. The number of carbonyl (C=O) groups is 1. The van der Waals surface area contributed by atoms with Gasteiger partial charge in [0.05, 0.1) is 41.4 Å². The Morgan fingerprint density at radius 1 is 1.10 bits per heavy atom. The number of anilines is 4. The molecule has 3 N–H and O–H groups in total. The van der Waals surface area contributed by atoms with Crippen molar-refractivity contribution in [1.29, 1.82) is 0 Å². The number of aliphatic hydroxyl groups excluding tert-OH is 1. The molecule has 0 saturated carbocycles. The van der Waals surface area contributed by atoms with Crippen LogP contribution in [0.5, 0.6) is 0 Å². The number of aromatic nitrogens is 4. The third kappa shape index (κ3) is 5.76. The molecule has 1 aliphatic heterocycles. The lowest BCUT2D eigenvalue weighted by molar-refractivity contribution is -0.111. The van der Waals surface area contributed by atoms with Crippen molar-refractivity contribution < 1.29 is 14.3 Å². The van der Waals surface area contributed by atoms with Crippen LogP contribution in [-0.4, -0.2) is 74.8 Å². The summed E-state index contributed by atoms with van der Waals surface area (Å²) in [6.07, 6.45) is 7.13. The van der Waals surface area contributed by atoms with Crippen LogP contribution in [0.3, 0.4) is 0 Å². The molecule has 1 aromatic carbocycles. The fraction of sp³-hybridized carbons (Fsp3) is 0.222. The van der Waals surface area contributed by atoms with E-state index in [1.807, 2.05) is 6.07 Å². The first kappa shape index (κ1) is 25.9. The highest BCUT2D eigenvalue weighted by Gasteiger charge is 2.18. The predicted molar refractivity (Wildman–Crippen MR) is 147 cm³/mol. The number of amides is 1. The van der Waals surface area contributed by atoms with Crippen LogP contribution in [0.15, 0.2) is 72.6 Å². The smallest absolute Gasteiger partial charge is 0.247 e. The summed E-state index contributed by atoms with van der Waals surface area (Å²) in [6, 6.07) is 7.99. The van der Waals surface area contributed by atoms with Gasteiger partial charge in [-0.2, -0.15) is 4.98 Å². The highest BCUT2D eigenvalue weighted by molar-refractivity contribution is 5.98. The Labute approximate surface area is 223 Å². The van der Waals surface area contributed by atoms with E-state index in [9.17, 15) is 9.59 Å². The Morgan fingerprint density at radius 2 is 1.92 bits per heavy atom. The molecule has 0 unspecified atom stereocenters. The Balaban J connectivity index is 1.41. The summed E-state index contributed by atoms with van der Waals surface area (Å²) in [5.74, 6) is -0.742. The first-order valence-electron chi connectivity index (χ1n) is 12.4. The average Bonchev–Trinajstić information content (AvgIpc) is 2.95. The van der Waals surface area contributed by atoms with E-state index in [1.165, 1.54) is 24.5 Å². The monoisotopic (exact) mass is 530 g/mol. The number of pyridine rings is 2. The summed E-state index contributed by atoms with van der Waals surface area (Å²) < 4.78 is 16.7. The molecule has 5 rings (SSSR count). The van der Waals surface area contributed by atoms with E-state index in [0.29, 0.717) is 17.9 Å². The predicted octanol–water partition coefficient (Wildman–Crippen LogP) is 2.30. The molecule has 0 radical (unpaired) electrons. The van der Waals surface area contributed by atoms with Crippen molar-refractivity contribution in [3.05, 3.63) is 83.8 Å². The number of halogens is 1. The number of rotatable bonds is 8. The molecule has 4 aromatic rings. The van der Waals surface area contributed by atoms with E-state index in [-0.39, 0.29) is 40.6 Å². The van der Waals surface area contributed by atoms with Gasteiger partial charge in [-0.15, -0.1) is 0 Å². The van der Waals surface area contributed by atoms with Crippen LogP contribution in [0.4, 0.5) is 27.4 Å². The normalized spacial score (nSPS) is 13.8. The zero-order valence-corrected chi connectivity index (χ0v) is 21.0. The van der Waals surface area contributed by atoms with Gasteiger partial charge in [-0.05, 0) is 30.3 Å². The Kier molecular flexibility index (Phi) is 7.57. The summed E-state index contributed by atoms with van der Waals surface area (Å²) in [7, 11) is 0. The second-order valence-corrected chi connectivity index (χ2v) is 8.95. The molecule has 3 aromatic heterocycles. The Morgan fingerprint density at radius 3 is 2.67 bits per heavy atom. The van der Waals surface area contributed by atoms with E-state index in [2.05, 4.69) is 42.0 Å². The molecule has 1 saturated heterocycles. The number of nitrogens with zero attached hydrogens (tertiary/aromatic N) is 6. The number of benzene rings is 1. The van der Waals surface area contributed by atoms with E-state index < -0.39 is 5.82 Å². The largest absolute Gasteiger partial charge is 0.395 e. The van der Waals surface area contributed by atoms with Crippen molar-refractivity contribution in [3.63, 3.8) is 0 Å². The minimum atomic E-state index is -0.464. The summed E-state index contributed by atoms with van der Waals surface area (Å²) in [6.45, 7) is 7.28. The molecule has 1 fully saturated rings. The fourth-order valence-electron chi connectivity index (χ4n) is 4.42. The first-order valence-corrected chi connectivity index (χ1v) is 12.4. The molecule has 200 valence electrons. The van der Waals surface area contributed by atoms with Crippen LogP contribution >= 0.6 is 0 Å². The van der Waals surface area contributed by atoms with Crippen LogP contribution < -0.4 is 21.0 Å². The molecule has 0 bridgehead atoms. The van der Waals surface area contributed by atoms with Crippen LogP contribution in [-0.2, 0) is 4.79 Å². The maximum Gasteiger partial charge on any atom is 0.247 e. The quantitative estimate of drug-likeness (QED) is 0.294. The molecule has 39 heavy (non-hydrogen) atoms. The molecule has 1 aliphatic rings. The molecule has 4 heterocycles. The number of fused-ring (bicyclic) bond motifs is 1. The van der Waals surface area contributed by atoms with Gasteiger partial charge in [0.1, 0.15) is 5.82 Å². The maximum atomic E-state index is 15.1. The van der Waals surface area contributed by atoms with E-state index in [0.717, 1.165) is 37.9 Å². The van der Waals surface area contributed by atoms with Gasteiger partial charge in [0.25, 0.3) is 0 Å². The number of nitrogens with one attached hydrogen (secondary N) is 2. The van der Waals surface area contributed by atoms with Gasteiger partial charge in [-0.25, -0.2) is 9.37 Å². The van der Waals surface area contributed by atoms with Gasteiger partial charge in [0, 0.05) is 56.9 Å². The van der Waals surface area contributed by atoms with Crippen molar-refractivity contribution in [2.24, 2.45) is 0 Å². The van der Waals surface area contributed by atoms with Gasteiger partial charge in [0.2, 0.25) is 11.9 Å². The zero-order chi connectivity index (χ0) is 27.4. The molecule has 12 heteroatoms. The molecule has 0 spiro atoms. The minimum Gasteiger partial charge on any atom is -0.395 e. The SMILES string of the molecule is C=CC(=O)Nc1cncc(-n2ccc(=O)c3cnc(Nc4ccc(N5CCN(CCO)CC5)cc4F)nc32)c1. The highest BCUT2D eigenvalue weighted by atomic mass is 19.1. The summed E-state index contributed by atoms with van der Waals surface area (Å²) in [5, 5.41) is 14.9. The minimum absolute atomic E-state index is 0.107. The number of piperazine rings is 1. The molecular formula is C27H27FN8O3. The number of β-amino-alcohol motifs (C(OH)–C–C–N with tert-alkyl or cyclic N) is 1. The summed E-state index contributed by atoms with van der Waals surface area (Å²) >= 11 is 0. The standard InChI is InChI=1S/C27H27FN8O3/c1-2-25(39)31-18-13-20(16-29-15-18)36-6-5-24(38)21-17-30-27(33-26(21)36)32-23-4-3-19(14-22(23)28)35-9-7-34(8-10-35)11-12-37/h2-6,13-17,37H,1,7-12H2,(H,31,39)(H,30,32,33). The molecule has 0 aliphatic carbocycles. The zero-order valence-electron chi connectivity index (χ0n) is 21.0. The fourth-order valence-corrected chi connectivity index (χ4v) is 4.42. The van der Waals surface area contributed by atoms with Gasteiger partial charge < -0.3 is 20.6 Å². The van der Waals surface area contributed by atoms with Crippen molar-refractivity contribution in [2.45, 2.75) is 0 Å². The van der Waals surface area contributed by atoms with Crippen molar-refractivity contribution in [2.75, 3.05) is 54.9 Å². The lowest BCUT2D eigenvalue weighted by Crippen LogP contribution is -2.47. The molecule has 11 nitrogen and oxygen atoms in total. The number of aliphatic hydroxyl groups is 1. The Hall–Kier alpha value is -4.68.